The molecular formula is C22H19ClOS. The molecule has 1 nitrogen and oxygen atoms in total. The van der Waals surface area contributed by atoms with Gasteiger partial charge < -0.3 is 0 Å². The number of hydrogen-bond donors (Lipinski definition) is 0. The van der Waals surface area contributed by atoms with Crippen LogP contribution in [-0.2, 0) is 0 Å². The van der Waals surface area contributed by atoms with Crippen LogP contribution in [0, 0.1) is 13.8 Å². The van der Waals surface area contributed by atoms with E-state index in [2.05, 4.69) is 0 Å². The van der Waals surface area contributed by atoms with Crippen molar-refractivity contribution in [3.63, 3.8) is 0 Å². The molecule has 0 fully saturated rings. The van der Waals surface area contributed by atoms with Gasteiger partial charge in [-0.3, -0.25) is 4.79 Å². The van der Waals surface area contributed by atoms with Crippen molar-refractivity contribution < 1.29 is 4.79 Å². The molecular weight excluding hydrogens is 348 g/mol. The minimum atomic E-state index is -0.330. The largest absolute Gasteiger partial charge is 0.293 e. The van der Waals surface area contributed by atoms with Crippen LogP contribution in [0.2, 0.25) is 5.02 Å². The Morgan fingerprint density at radius 3 is 2.00 bits per heavy atom. The van der Waals surface area contributed by atoms with Gasteiger partial charge in [-0.15, -0.1) is 11.8 Å². The van der Waals surface area contributed by atoms with E-state index in [1.54, 1.807) is 0 Å². The lowest BCUT2D eigenvalue weighted by Gasteiger charge is -2.17. The van der Waals surface area contributed by atoms with Gasteiger partial charge in [0.2, 0.25) is 0 Å². The molecule has 0 aromatic heterocycles. The summed E-state index contributed by atoms with van der Waals surface area (Å²) in [6, 6.07) is 23.5. The lowest BCUT2D eigenvalue weighted by atomic mass is 10.0. The Labute approximate surface area is 158 Å². The molecule has 0 saturated heterocycles. The highest BCUT2D eigenvalue weighted by atomic mass is 35.5. The monoisotopic (exact) mass is 366 g/mol. The summed E-state index contributed by atoms with van der Waals surface area (Å²) in [7, 11) is 0. The van der Waals surface area contributed by atoms with Gasteiger partial charge in [0.05, 0.1) is 10.3 Å². The quantitative estimate of drug-likeness (QED) is 0.370. The molecule has 3 heteroatoms. The fraction of sp³-hybridized carbons (Fsp3) is 0.136. The number of Topliss-reactive ketones (excluding diaryl/α,β-unsaturated/α-hetero) is 1. The summed E-state index contributed by atoms with van der Waals surface area (Å²) in [5.74, 6) is 0.0915. The molecule has 0 bridgehead atoms. The lowest BCUT2D eigenvalue weighted by Crippen LogP contribution is -2.10. The van der Waals surface area contributed by atoms with Crippen molar-refractivity contribution in [2.75, 3.05) is 0 Å². The summed E-state index contributed by atoms with van der Waals surface area (Å²) in [5, 5.41) is 0.338. The van der Waals surface area contributed by atoms with Crippen LogP contribution in [0.1, 0.15) is 32.3 Å². The third kappa shape index (κ3) is 4.33. The van der Waals surface area contributed by atoms with E-state index in [1.165, 1.54) is 17.3 Å². The zero-order chi connectivity index (χ0) is 17.8. The fourth-order valence-electron chi connectivity index (χ4n) is 2.55. The van der Waals surface area contributed by atoms with E-state index >= 15 is 0 Å². The molecule has 3 rings (SSSR count). The Hall–Kier alpha value is -2.03. The number of halogens is 1. The maximum atomic E-state index is 13.2. The van der Waals surface area contributed by atoms with Gasteiger partial charge in [-0.25, -0.2) is 0 Å². The zero-order valence-electron chi connectivity index (χ0n) is 14.2. The molecule has 0 aliphatic rings. The van der Waals surface area contributed by atoms with Crippen LogP contribution in [-0.4, -0.2) is 5.78 Å². The van der Waals surface area contributed by atoms with Crippen LogP contribution in [0.5, 0.6) is 0 Å². The SMILES string of the molecule is Cc1ccc(C(=O)[C@@H](Sc2ccccc2Cl)c2ccc(C)cc2)cc1. The van der Waals surface area contributed by atoms with Gasteiger partial charge in [0.15, 0.2) is 5.78 Å². The van der Waals surface area contributed by atoms with Crippen molar-refractivity contribution in [2.45, 2.75) is 24.0 Å². The molecule has 1 atom stereocenters. The summed E-state index contributed by atoms with van der Waals surface area (Å²) in [5.41, 5.74) is 4.02. The first-order valence-corrected chi connectivity index (χ1v) is 9.39. The number of ketones is 1. The van der Waals surface area contributed by atoms with Crippen molar-refractivity contribution in [3.8, 4) is 0 Å². The highest BCUT2D eigenvalue weighted by Gasteiger charge is 2.24. The molecule has 25 heavy (non-hydrogen) atoms. The number of carbonyl (C=O) groups is 1. The summed E-state index contributed by atoms with van der Waals surface area (Å²) in [6.07, 6.45) is 0. The molecule has 0 saturated carbocycles. The molecule has 0 spiro atoms. The number of thioether (sulfide) groups is 1. The molecule has 126 valence electrons. The van der Waals surface area contributed by atoms with Gasteiger partial charge in [0.25, 0.3) is 0 Å². The third-order valence-corrected chi connectivity index (χ3v) is 5.81. The van der Waals surface area contributed by atoms with E-state index in [0.29, 0.717) is 5.02 Å². The van der Waals surface area contributed by atoms with E-state index in [0.717, 1.165) is 21.6 Å². The number of carbonyl (C=O) groups excluding carboxylic acids is 1. The number of aryl methyl sites for hydroxylation is 2. The van der Waals surface area contributed by atoms with Crippen molar-refractivity contribution in [2.24, 2.45) is 0 Å². The van der Waals surface area contributed by atoms with Crippen molar-refractivity contribution in [1.29, 1.82) is 0 Å². The topological polar surface area (TPSA) is 17.1 Å². The lowest BCUT2D eigenvalue weighted by molar-refractivity contribution is 0.0989. The van der Waals surface area contributed by atoms with Crippen LogP contribution in [0.25, 0.3) is 0 Å². The Bertz CT molecular complexity index is 869. The van der Waals surface area contributed by atoms with Gasteiger partial charge in [0.1, 0.15) is 0 Å². The van der Waals surface area contributed by atoms with Gasteiger partial charge in [-0.2, -0.15) is 0 Å². The Morgan fingerprint density at radius 2 is 1.40 bits per heavy atom. The van der Waals surface area contributed by atoms with Gasteiger partial charge in [-0.05, 0) is 31.5 Å². The minimum absolute atomic E-state index is 0.0915. The van der Waals surface area contributed by atoms with Crippen LogP contribution in [0.3, 0.4) is 0 Å². The molecule has 0 N–H and O–H groups in total. The third-order valence-electron chi connectivity index (χ3n) is 4.04. The van der Waals surface area contributed by atoms with Crippen molar-refractivity contribution >= 4 is 29.1 Å². The predicted octanol–water partition coefficient (Wildman–Crippen LogP) is 6.67. The first-order chi connectivity index (χ1) is 12.0. The molecule has 3 aromatic rings. The highest BCUT2D eigenvalue weighted by Crippen LogP contribution is 2.40. The second-order valence-corrected chi connectivity index (χ2v) is 7.62. The first-order valence-electron chi connectivity index (χ1n) is 8.13. The Morgan fingerprint density at radius 1 is 0.840 bits per heavy atom. The van der Waals surface area contributed by atoms with Gasteiger partial charge in [-0.1, -0.05) is 83.4 Å². The van der Waals surface area contributed by atoms with Crippen molar-refractivity contribution in [1.82, 2.24) is 0 Å². The molecule has 0 aliphatic carbocycles. The average Bonchev–Trinajstić information content (AvgIpc) is 2.62. The molecule has 3 aromatic carbocycles. The van der Waals surface area contributed by atoms with Crippen LogP contribution >= 0.6 is 23.4 Å². The summed E-state index contributed by atoms with van der Waals surface area (Å²) in [6.45, 7) is 4.06. The average molecular weight is 367 g/mol. The molecule has 0 aliphatic heterocycles. The van der Waals surface area contributed by atoms with Crippen molar-refractivity contribution in [3.05, 3.63) is 100 Å². The number of benzene rings is 3. The fourth-order valence-corrected chi connectivity index (χ4v) is 3.95. The summed E-state index contributed by atoms with van der Waals surface area (Å²) >= 11 is 7.82. The van der Waals surface area contributed by atoms with Gasteiger partial charge >= 0.3 is 0 Å². The number of rotatable bonds is 5. The van der Waals surface area contributed by atoms with Crippen LogP contribution < -0.4 is 0 Å². The number of hydrogen-bond acceptors (Lipinski definition) is 2. The Balaban J connectivity index is 1.99. The molecule has 0 unspecified atom stereocenters. The maximum absolute atomic E-state index is 13.2. The van der Waals surface area contributed by atoms with E-state index in [4.69, 9.17) is 11.6 Å². The predicted molar refractivity (Wildman–Crippen MR) is 107 cm³/mol. The highest BCUT2D eigenvalue weighted by molar-refractivity contribution is 8.00. The summed E-state index contributed by atoms with van der Waals surface area (Å²) < 4.78 is 0. The maximum Gasteiger partial charge on any atom is 0.180 e. The molecule has 0 radical (unpaired) electrons. The second-order valence-electron chi connectivity index (χ2n) is 6.07. The van der Waals surface area contributed by atoms with E-state index in [1.807, 2.05) is 86.6 Å². The second kappa shape index (κ2) is 7.90. The molecule has 0 amide bonds. The standard InChI is InChI=1S/C22H19ClOS/c1-15-7-11-17(12-8-15)21(24)22(18-13-9-16(2)10-14-18)25-20-6-4-3-5-19(20)23/h3-14,22H,1-2H3/t22-/m0/s1. The van der Waals surface area contributed by atoms with E-state index in [9.17, 15) is 4.79 Å². The van der Waals surface area contributed by atoms with Crippen LogP contribution in [0.4, 0.5) is 0 Å². The summed E-state index contributed by atoms with van der Waals surface area (Å²) in [4.78, 5) is 14.1. The normalized spacial score (nSPS) is 12.0. The van der Waals surface area contributed by atoms with E-state index < -0.39 is 0 Å². The molecule has 0 heterocycles. The zero-order valence-corrected chi connectivity index (χ0v) is 15.8. The smallest absolute Gasteiger partial charge is 0.180 e. The van der Waals surface area contributed by atoms with Crippen LogP contribution in [0.15, 0.2) is 77.7 Å². The Kier molecular flexibility index (Phi) is 5.62. The minimum Gasteiger partial charge on any atom is -0.293 e. The first kappa shape index (κ1) is 17.8. The van der Waals surface area contributed by atoms with Gasteiger partial charge in [0, 0.05) is 10.5 Å². The van der Waals surface area contributed by atoms with E-state index in [-0.39, 0.29) is 11.0 Å².